The number of aromatic amines is 1. The Hall–Kier alpha value is -4.37. The van der Waals surface area contributed by atoms with E-state index < -0.39 is 0 Å². The normalized spacial score (nSPS) is 10.9. The van der Waals surface area contributed by atoms with Gasteiger partial charge in [-0.2, -0.15) is 4.98 Å². The number of pyridine rings is 2. The number of imidazole rings is 1. The van der Waals surface area contributed by atoms with Gasteiger partial charge in [0, 0.05) is 34.6 Å². The van der Waals surface area contributed by atoms with E-state index in [2.05, 4.69) is 25.3 Å². The van der Waals surface area contributed by atoms with Gasteiger partial charge in [-0.3, -0.25) is 4.79 Å². The number of rotatable bonds is 6. The summed E-state index contributed by atoms with van der Waals surface area (Å²) in [5.74, 6) is 1.23. The number of nitrogens with zero attached hydrogens (tertiary/aromatic N) is 3. The Morgan fingerprint density at radius 3 is 2.71 bits per heavy atom. The molecule has 0 saturated carbocycles. The molecule has 4 aromatic heterocycles. The number of halogens is 1. The Balaban J connectivity index is 1.49. The lowest BCUT2D eigenvalue weighted by Crippen LogP contribution is -2.10. The highest BCUT2D eigenvalue weighted by molar-refractivity contribution is 6.33. The zero-order valence-corrected chi connectivity index (χ0v) is 18.9. The van der Waals surface area contributed by atoms with Crippen molar-refractivity contribution in [1.82, 2.24) is 19.9 Å². The van der Waals surface area contributed by atoms with Gasteiger partial charge in [-0.1, -0.05) is 11.6 Å². The first-order chi connectivity index (χ1) is 16.6. The summed E-state index contributed by atoms with van der Waals surface area (Å²) in [7, 11) is 3.09. The lowest BCUT2D eigenvalue weighted by Gasteiger charge is -2.08. The van der Waals surface area contributed by atoms with Gasteiger partial charge in [0.1, 0.15) is 5.82 Å². The number of ether oxygens (including phenoxy) is 2. The van der Waals surface area contributed by atoms with E-state index >= 15 is 0 Å². The van der Waals surface area contributed by atoms with Crippen molar-refractivity contribution < 1.29 is 18.7 Å². The molecule has 0 bridgehead atoms. The molecule has 5 aromatic rings. The minimum absolute atomic E-state index is 0.209. The number of benzene rings is 1. The largest absolute Gasteiger partial charge is 0.481 e. The number of H-pyrrole nitrogens is 1. The highest BCUT2D eigenvalue weighted by atomic mass is 35.5. The molecule has 5 rings (SSSR count). The van der Waals surface area contributed by atoms with Gasteiger partial charge in [0.05, 0.1) is 31.0 Å². The molecule has 0 spiro atoms. The first kappa shape index (κ1) is 21.5. The molecule has 0 saturated heterocycles. The van der Waals surface area contributed by atoms with E-state index in [9.17, 15) is 4.79 Å². The Morgan fingerprint density at radius 1 is 1.06 bits per heavy atom. The molecule has 10 heteroatoms. The third-order valence-electron chi connectivity index (χ3n) is 5.11. The molecule has 34 heavy (non-hydrogen) atoms. The number of carbonyl (C=O) groups excluding carboxylic acids is 1. The van der Waals surface area contributed by atoms with Gasteiger partial charge in [0.15, 0.2) is 11.4 Å². The van der Waals surface area contributed by atoms with E-state index in [1.54, 1.807) is 56.8 Å². The molecule has 2 N–H and O–H groups in total. The van der Waals surface area contributed by atoms with Gasteiger partial charge in [-0.25, -0.2) is 9.97 Å². The third kappa shape index (κ3) is 4.04. The average molecular weight is 476 g/mol. The van der Waals surface area contributed by atoms with E-state index in [0.29, 0.717) is 45.0 Å². The highest BCUT2D eigenvalue weighted by Crippen LogP contribution is 2.33. The molecule has 0 unspecified atom stereocenters. The molecular formula is C24H18ClN5O4. The minimum Gasteiger partial charge on any atom is -0.481 e. The SMILES string of the molecule is COc1ccc(-c2cnc3nc(-c4cc(NC(=O)c5ccco5)ccc4Cl)[nH]c3c2)c(OC)n1. The van der Waals surface area contributed by atoms with Crippen LogP contribution < -0.4 is 14.8 Å². The van der Waals surface area contributed by atoms with E-state index in [1.807, 2.05) is 12.1 Å². The van der Waals surface area contributed by atoms with Crippen molar-refractivity contribution in [3.8, 4) is 34.3 Å². The summed E-state index contributed by atoms with van der Waals surface area (Å²) in [4.78, 5) is 28.9. The van der Waals surface area contributed by atoms with E-state index in [0.717, 1.165) is 11.1 Å². The van der Waals surface area contributed by atoms with Crippen LogP contribution in [0.25, 0.3) is 33.7 Å². The van der Waals surface area contributed by atoms with E-state index in [1.165, 1.54) is 6.26 Å². The Labute approximate surface area is 198 Å². The fraction of sp³-hybridized carbons (Fsp3) is 0.0833. The summed E-state index contributed by atoms with van der Waals surface area (Å²) in [5.41, 5.74) is 3.92. The molecule has 1 amide bonds. The maximum Gasteiger partial charge on any atom is 0.291 e. The fourth-order valence-corrected chi connectivity index (χ4v) is 3.68. The van der Waals surface area contributed by atoms with E-state index in [4.69, 9.17) is 25.5 Å². The van der Waals surface area contributed by atoms with Gasteiger partial charge in [0.2, 0.25) is 11.8 Å². The predicted octanol–water partition coefficient (Wildman–Crippen LogP) is 5.20. The maximum absolute atomic E-state index is 12.3. The molecule has 170 valence electrons. The van der Waals surface area contributed by atoms with Crippen molar-refractivity contribution in [3.63, 3.8) is 0 Å². The van der Waals surface area contributed by atoms with Crippen LogP contribution in [0.4, 0.5) is 5.69 Å². The van der Waals surface area contributed by atoms with Crippen LogP contribution >= 0.6 is 11.6 Å². The summed E-state index contributed by atoms with van der Waals surface area (Å²) in [6.07, 6.45) is 3.13. The number of fused-ring (bicyclic) bond motifs is 1. The number of amides is 1. The van der Waals surface area contributed by atoms with Gasteiger partial charge in [-0.15, -0.1) is 0 Å². The van der Waals surface area contributed by atoms with Crippen molar-refractivity contribution in [2.24, 2.45) is 0 Å². The van der Waals surface area contributed by atoms with Crippen LogP contribution in [0.1, 0.15) is 10.6 Å². The molecule has 0 aliphatic carbocycles. The summed E-state index contributed by atoms with van der Waals surface area (Å²) in [5, 5.41) is 3.26. The van der Waals surface area contributed by atoms with Crippen LogP contribution in [0.2, 0.25) is 5.02 Å². The van der Waals surface area contributed by atoms with Gasteiger partial charge in [-0.05, 0) is 42.5 Å². The quantitative estimate of drug-likeness (QED) is 0.346. The molecule has 9 nitrogen and oxygen atoms in total. The van der Waals surface area contributed by atoms with Gasteiger partial charge >= 0.3 is 0 Å². The van der Waals surface area contributed by atoms with E-state index in [-0.39, 0.29) is 11.7 Å². The molecule has 0 aliphatic rings. The van der Waals surface area contributed by atoms with Crippen LogP contribution in [0.5, 0.6) is 11.8 Å². The zero-order chi connectivity index (χ0) is 23.7. The Bertz CT molecular complexity index is 1500. The monoisotopic (exact) mass is 475 g/mol. The standard InChI is InChI=1S/C24H18ClN5O4/c1-32-20-8-6-15(24(29-20)33-2)13-10-18-22(26-12-13)30-21(28-18)16-11-14(5-7-17(16)25)27-23(31)19-4-3-9-34-19/h3-12H,1-2H3,(H,27,31)(H,26,28,30). The number of anilines is 1. The summed E-state index contributed by atoms with van der Waals surface area (Å²) < 4.78 is 15.7. The molecule has 0 atom stereocenters. The zero-order valence-electron chi connectivity index (χ0n) is 18.1. The fourth-order valence-electron chi connectivity index (χ4n) is 3.47. The minimum atomic E-state index is -0.365. The van der Waals surface area contributed by atoms with Gasteiger partial charge in [0.25, 0.3) is 5.91 Å². The smallest absolute Gasteiger partial charge is 0.291 e. The number of aromatic nitrogens is 4. The molecule has 0 aliphatic heterocycles. The maximum atomic E-state index is 12.3. The number of nitrogens with one attached hydrogen (secondary N) is 2. The number of hydrogen-bond acceptors (Lipinski definition) is 7. The van der Waals surface area contributed by atoms with Crippen molar-refractivity contribution in [2.45, 2.75) is 0 Å². The third-order valence-corrected chi connectivity index (χ3v) is 5.44. The molecular weight excluding hydrogens is 458 g/mol. The lowest BCUT2D eigenvalue weighted by molar-refractivity contribution is 0.0996. The average Bonchev–Trinajstić information content (AvgIpc) is 3.54. The Morgan fingerprint density at radius 2 is 1.94 bits per heavy atom. The summed E-state index contributed by atoms with van der Waals surface area (Å²) in [6, 6.07) is 13.9. The van der Waals surface area contributed by atoms with Crippen LogP contribution in [0.15, 0.2) is 65.4 Å². The number of furan rings is 1. The summed E-state index contributed by atoms with van der Waals surface area (Å²) >= 11 is 6.44. The molecule has 4 heterocycles. The Kier molecular flexibility index (Phi) is 5.60. The lowest BCUT2D eigenvalue weighted by atomic mass is 10.1. The van der Waals surface area contributed by atoms with Crippen molar-refractivity contribution in [1.29, 1.82) is 0 Å². The van der Waals surface area contributed by atoms with Crippen molar-refractivity contribution >= 4 is 34.4 Å². The predicted molar refractivity (Wildman–Crippen MR) is 127 cm³/mol. The first-order valence-electron chi connectivity index (χ1n) is 10.2. The van der Waals surface area contributed by atoms with Crippen LogP contribution in [-0.2, 0) is 0 Å². The number of methoxy groups -OCH3 is 2. The topological polar surface area (TPSA) is 115 Å². The van der Waals surface area contributed by atoms with Gasteiger partial charge < -0.3 is 24.2 Å². The van der Waals surface area contributed by atoms with Crippen LogP contribution in [0, 0.1) is 0 Å². The van der Waals surface area contributed by atoms with Crippen LogP contribution in [-0.4, -0.2) is 40.1 Å². The van der Waals surface area contributed by atoms with Crippen LogP contribution in [0.3, 0.4) is 0 Å². The number of carbonyl (C=O) groups is 1. The molecule has 1 aromatic carbocycles. The second-order valence-electron chi connectivity index (χ2n) is 7.22. The summed E-state index contributed by atoms with van der Waals surface area (Å²) in [6.45, 7) is 0. The van der Waals surface area contributed by atoms with Crippen molar-refractivity contribution in [2.75, 3.05) is 19.5 Å². The molecule has 0 fully saturated rings. The van der Waals surface area contributed by atoms with Crippen molar-refractivity contribution in [3.05, 3.63) is 71.8 Å². The number of hydrogen-bond donors (Lipinski definition) is 2. The second-order valence-corrected chi connectivity index (χ2v) is 7.62. The first-order valence-corrected chi connectivity index (χ1v) is 10.5. The molecule has 0 radical (unpaired) electrons. The second kappa shape index (κ2) is 8.87. The highest BCUT2D eigenvalue weighted by Gasteiger charge is 2.16.